The molecule has 0 aromatic rings. The van der Waals surface area contributed by atoms with Gasteiger partial charge in [0.05, 0.1) is 25.4 Å². The van der Waals surface area contributed by atoms with Crippen molar-refractivity contribution in [1.82, 2.24) is 5.32 Å². The number of rotatable bonds is 6. The minimum atomic E-state index is 0.328. The summed E-state index contributed by atoms with van der Waals surface area (Å²) in [6.45, 7) is 3.82. The first-order valence-corrected chi connectivity index (χ1v) is 6.04. The first kappa shape index (κ1) is 12.9. The molecule has 15 heavy (non-hydrogen) atoms. The lowest BCUT2D eigenvalue weighted by Crippen LogP contribution is -2.36. The van der Waals surface area contributed by atoms with Crippen LogP contribution in [-0.2, 0) is 9.47 Å². The summed E-state index contributed by atoms with van der Waals surface area (Å²) in [5, 5.41) is 3.20. The number of nitrogens with one attached hydrogen (secondary N) is 1. The zero-order valence-electron chi connectivity index (χ0n) is 10.3. The average Bonchev–Trinajstić information content (AvgIpc) is 2.26. The molecule has 1 N–H and O–H groups in total. The Morgan fingerprint density at radius 1 is 1.20 bits per heavy atom. The highest BCUT2D eigenvalue weighted by atomic mass is 16.5. The molecule has 0 radical (unpaired) electrons. The van der Waals surface area contributed by atoms with Gasteiger partial charge in [-0.15, -0.1) is 0 Å². The van der Waals surface area contributed by atoms with Crippen molar-refractivity contribution in [2.45, 2.75) is 44.8 Å². The van der Waals surface area contributed by atoms with Crippen LogP contribution in [0.1, 0.15) is 32.6 Å². The van der Waals surface area contributed by atoms with E-state index in [1.807, 2.05) is 7.05 Å². The Balaban J connectivity index is 2.12. The van der Waals surface area contributed by atoms with Gasteiger partial charge in [0.2, 0.25) is 0 Å². The molecular weight excluding hydrogens is 190 g/mol. The van der Waals surface area contributed by atoms with E-state index in [2.05, 4.69) is 12.2 Å². The van der Waals surface area contributed by atoms with Gasteiger partial charge >= 0.3 is 0 Å². The van der Waals surface area contributed by atoms with Crippen LogP contribution in [0.15, 0.2) is 0 Å². The molecule has 0 aromatic carbocycles. The summed E-state index contributed by atoms with van der Waals surface area (Å²) >= 11 is 0. The summed E-state index contributed by atoms with van der Waals surface area (Å²) in [4.78, 5) is 0. The van der Waals surface area contributed by atoms with Crippen LogP contribution in [0.4, 0.5) is 0 Å². The summed E-state index contributed by atoms with van der Waals surface area (Å²) in [5.74, 6) is 0.893. The van der Waals surface area contributed by atoms with E-state index in [0.29, 0.717) is 12.1 Å². The van der Waals surface area contributed by atoms with Crippen molar-refractivity contribution < 1.29 is 9.47 Å². The van der Waals surface area contributed by atoms with E-state index >= 15 is 0 Å². The maximum atomic E-state index is 5.89. The maximum Gasteiger partial charge on any atom is 0.0645 e. The molecule has 3 nitrogen and oxygen atoms in total. The van der Waals surface area contributed by atoms with Crippen molar-refractivity contribution in [2.24, 2.45) is 5.92 Å². The van der Waals surface area contributed by atoms with E-state index in [1.54, 1.807) is 7.11 Å². The van der Waals surface area contributed by atoms with E-state index in [-0.39, 0.29) is 0 Å². The molecule has 3 heteroatoms. The van der Waals surface area contributed by atoms with Gasteiger partial charge in [-0.3, -0.25) is 0 Å². The van der Waals surface area contributed by atoms with E-state index < -0.39 is 0 Å². The van der Waals surface area contributed by atoms with Crippen molar-refractivity contribution in [3.8, 4) is 0 Å². The predicted octanol–water partition coefficient (Wildman–Crippen LogP) is 1.82. The molecule has 90 valence electrons. The van der Waals surface area contributed by atoms with Gasteiger partial charge in [-0.05, 0) is 38.6 Å². The SMILES string of the molecule is CNC(COC)COC1CCC(C)CC1. The number of ether oxygens (including phenoxy) is 2. The molecule has 1 rings (SSSR count). The zero-order valence-corrected chi connectivity index (χ0v) is 10.3. The van der Waals surface area contributed by atoms with Crippen molar-refractivity contribution in [3.63, 3.8) is 0 Å². The monoisotopic (exact) mass is 215 g/mol. The van der Waals surface area contributed by atoms with Crippen LogP contribution in [0.2, 0.25) is 0 Å². The Morgan fingerprint density at radius 3 is 2.40 bits per heavy atom. The third-order valence-electron chi connectivity index (χ3n) is 3.27. The van der Waals surface area contributed by atoms with Crippen LogP contribution >= 0.6 is 0 Å². The number of hydrogen-bond donors (Lipinski definition) is 1. The highest BCUT2D eigenvalue weighted by molar-refractivity contribution is 4.71. The van der Waals surface area contributed by atoms with Gasteiger partial charge < -0.3 is 14.8 Å². The van der Waals surface area contributed by atoms with Crippen molar-refractivity contribution in [1.29, 1.82) is 0 Å². The second-order valence-corrected chi connectivity index (χ2v) is 4.66. The molecular formula is C12H25NO2. The largest absolute Gasteiger partial charge is 0.383 e. The maximum absolute atomic E-state index is 5.89. The van der Waals surface area contributed by atoms with Gasteiger partial charge in [-0.1, -0.05) is 6.92 Å². The summed E-state index contributed by atoms with van der Waals surface area (Å²) in [5.41, 5.74) is 0. The second kappa shape index (κ2) is 7.20. The van der Waals surface area contributed by atoms with Gasteiger partial charge in [-0.2, -0.15) is 0 Å². The highest BCUT2D eigenvalue weighted by Crippen LogP contribution is 2.25. The number of likely N-dealkylation sites (N-methyl/N-ethyl adjacent to an activating group) is 1. The van der Waals surface area contributed by atoms with E-state index in [4.69, 9.17) is 9.47 Å². The van der Waals surface area contributed by atoms with Crippen molar-refractivity contribution >= 4 is 0 Å². The van der Waals surface area contributed by atoms with Crippen molar-refractivity contribution in [2.75, 3.05) is 27.4 Å². The first-order valence-electron chi connectivity index (χ1n) is 6.04. The molecule has 0 bridgehead atoms. The zero-order chi connectivity index (χ0) is 11.1. The van der Waals surface area contributed by atoms with E-state index in [9.17, 15) is 0 Å². The fourth-order valence-electron chi connectivity index (χ4n) is 2.06. The normalized spacial score (nSPS) is 29.0. The lowest BCUT2D eigenvalue weighted by atomic mass is 9.89. The van der Waals surface area contributed by atoms with Gasteiger partial charge in [0.1, 0.15) is 0 Å². The molecule has 1 fully saturated rings. The molecule has 0 aromatic heterocycles. The van der Waals surface area contributed by atoms with E-state index in [0.717, 1.165) is 19.1 Å². The Labute approximate surface area is 93.5 Å². The van der Waals surface area contributed by atoms with Gasteiger partial charge in [-0.25, -0.2) is 0 Å². The minimum Gasteiger partial charge on any atom is -0.383 e. The standard InChI is InChI=1S/C12H25NO2/c1-10-4-6-12(7-5-10)15-9-11(13-2)8-14-3/h10-13H,4-9H2,1-3H3. The third kappa shape index (κ3) is 4.96. The Bertz CT molecular complexity index is 156. The molecule has 1 atom stereocenters. The van der Waals surface area contributed by atoms with Crippen LogP contribution < -0.4 is 5.32 Å². The van der Waals surface area contributed by atoms with Crippen LogP contribution in [-0.4, -0.2) is 39.5 Å². The van der Waals surface area contributed by atoms with Crippen LogP contribution in [0.25, 0.3) is 0 Å². The van der Waals surface area contributed by atoms with E-state index in [1.165, 1.54) is 25.7 Å². The fraction of sp³-hybridized carbons (Fsp3) is 1.00. The smallest absolute Gasteiger partial charge is 0.0645 e. The molecule has 0 spiro atoms. The minimum absolute atomic E-state index is 0.328. The first-order chi connectivity index (χ1) is 7.26. The summed E-state index contributed by atoms with van der Waals surface area (Å²) in [6, 6.07) is 0.328. The summed E-state index contributed by atoms with van der Waals surface area (Å²) in [6.07, 6.45) is 5.57. The summed E-state index contributed by atoms with van der Waals surface area (Å²) in [7, 11) is 3.68. The molecule has 1 aliphatic rings. The lowest BCUT2D eigenvalue weighted by molar-refractivity contribution is -0.00214. The Morgan fingerprint density at radius 2 is 1.87 bits per heavy atom. The summed E-state index contributed by atoms with van der Waals surface area (Å²) < 4.78 is 11.0. The molecule has 1 saturated carbocycles. The molecule has 0 saturated heterocycles. The van der Waals surface area contributed by atoms with Crippen molar-refractivity contribution in [3.05, 3.63) is 0 Å². The molecule has 0 aliphatic heterocycles. The third-order valence-corrected chi connectivity index (χ3v) is 3.27. The average molecular weight is 215 g/mol. The van der Waals surface area contributed by atoms with Crippen LogP contribution in [0.3, 0.4) is 0 Å². The number of methoxy groups -OCH3 is 1. The van der Waals surface area contributed by atoms with Gasteiger partial charge in [0, 0.05) is 7.11 Å². The highest BCUT2D eigenvalue weighted by Gasteiger charge is 2.19. The molecule has 0 heterocycles. The fourth-order valence-corrected chi connectivity index (χ4v) is 2.06. The van der Waals surface area contributed by atoms with Crippen LogP contribution in [0.5, 0.6) is 0 Å². The van der Waals surface area contributed by atoms with Gasteiger partial charge in [0.15, 0.2) is 0 Å². The quantitative estimate of drug-likeness (QED) is 0.733. The molecule has 1 unspecified atom stereocenters. The van der Waals surface area contributed by atoms with Crippen LogP contribution in [0, 0.1) is 5.92 Å². The molecule has 1 aliphatic carbocycles. The molecule has 0 amide bonds. The Hall–Kier alpha value is -0.120. The number of hydrogen-bond acceptors (Lipinski definition) is 3. The predicted molar refractivity (Wildman–Crippen MR) is 62.1 cm³/mol. The van der Waals surface area contributed by atoms with Gasteiger partial charge in [0.25, 0.3) is 0 Å². The lowest BCUT2D eigenvalue weighted by Gasteiger charge is -2.27. The Kier molecular flexibility index (Phi) is 6.22. The topological polar surface area (TPSA) is 30.5 Å². The second-order valence-electron chi connectivity index (χ2n) is 4.66.